The Morgan fingerprint density at radius 3 is 2.56 bits per heavy atom. The van der Waals surface area contributed by atoms with E-state index in [4.69, 9.17) is 14.6 Å². The van der Waals surface area contributed by atoms with E-state index in [9.17, 15) is 4.79 Å². The number of nitrogens with one attached hydrogen (secondary N) is 1. The number of carboxylic acid groups (broad SMARTS) is 1. The molecule has 0 saturated heterocycles. The maximum Gasteiger partial charge on any atom is 0.325 e. The quantitative estimate of drug-likeness (QED) is 0.780. The van der Waals surface area contributed by atoms with Crippen LogP contribution < -0.4 is 14.8 Å². The maximum atomic E-state index is 10.8. The number of hydrogen-bond acceptors (Lipinski definition) is 4. The van der Waals surface area contributed by atoms with Crippen molar-refractivity contribution < 1.29 is 19.4 Å². The van der Waals surface area contributed by atoms with Gasteiger partial charge in [0.05, 0.1) is 18.9 Å². The van der Waals surface area contributed by atoms with Crippen molar-refractivity contribution in [1.29, 1.82) is 0 Å². The number of ether oxygens (including phenoxy) is 2. The van der Waals surface area contributed by atoms with Crippen molar-refractivity contribution in [3.05, 3.63) is 18.2 Å². The predicted molar refractivity (Wildman–Crippen MR) is 69.5 cm³/mol. The van der Waals surface area contributed by atoms with Gasteiger partial charge in [0.1, 0.15) is 17.5 Å². The molecule has 5 nitrogen and oxygen atoms in total. The predicted octanol–water partition coefficient (Wildman–Crippen LogP) is 2.37. The van der Waals surface area contributed by atoms with Crippen LogP contribution in [0.5, 0.6) is 11.5 Å². The molecule has 1 unspecified atom stereocenters. The molecule has 100 valence electrons. The zero-order valence-electron chi connectivity index (χ0n) is 10.9. The lowest BCUT2D eigenvalue weighted by atomic mass is 10.2. The Morgan fingerprint density at radius 2 is 2.00 bits per heavy atom. The molecule has 0 aliphatic heterocycles. The molecule has 0 aliphatic rings. The minimum absolute atomic E-state index is 0.518. The molecule has 0 heterocycles. The molecule has 1 aromatic carbocycles. The van der Waals surface area contributed by atoms with Crippen LogP contribution >= 0.6 is 0 Å². The van der Waals surface area contributed by atoms with Crippen LogP contribution in [-0.2, 0) is 4.79 Å². The van der Waals surface area contributed by atoms with E-state index in [2.05, 4.69) is 5.32 Å². The molecule has 1 rings (SSSR count). The summed E-state index contributed by atoms with van der Waals surface area (Å²) < 4.78 is 10.8. The van der Waals surface area contributed by atoms with Gasteiger partial charge in [0.2, 0.25) is 0 Å². The summed E-state index contributed by atoms with van der Waals surface area (Å²) in [5.41, 5.74) is 0.623. The van der Waals surface area contributed by atoms with Gasteiger partial charge in [0.15, 0.2) is 0 Å². The average Bonchev–Trinajstić information content (AvgIpc) is 2.33. The Labute approximate surface area is 107 Å². The van der Waals surface area contributed by atoms with E-state index >= 15 is 0 Å². The molecule has 5 heteroatoms. The van der Waals surface area contributed by atoms with Crippen LogP contribution in [0.1, 0.15) is 20.8 Å². The van der Waals surface area contributed by atoms with E-state index < -0.39 is 12.0 Å². The minimum atomic E-state index is -0.917. The van der Waals surface area contributed by atoms with Crippen LogP contribution in [0.3, 0.4) is 0 Å². The summed E-state index contributed by atoms with van der Waals surface area (Å²) in [4.78, 5) is 10.8. The van der Waals surface area contributed by atoms with Gasteiger partial charge in [-0.3, -0.25) is 4.79 Å². The Hall–Kier alpha value is -1.91. The zero-order valence-corrected chi connectivity index (χ0v) is 10.9. The van der Waals surface area contributed by atoms with Crippen LogP contribution in [0.2, 0.25) is 0 Å². The Kier molecular flexibility index (Phi) is 5.30. The summed E-state index contributed by atoms with van der Waals surface area (Å²) in [7, 11) is 0. The fraction of sp³-hybridized carbons (Fsp3) is 0.462. The number of carbonyl (C=O) groups is 1. The molecule has 0 spiro atoms. The third-order valence-corrected chi connectivity index (χ3v) is 2.30. The number of rotatable bonds is 7. The Balaban J connectivity index is 2.95. The van der Waals surface area contributed by atoms with E-state index in [0.29, 0.717) is 30.4 Å². The molecule has 1 aromatic rings. The van der Waals surface area contributed by atoms with E-state index in [1.165, 1.54) is 0 Å². The summed E-state index contributed by atoms with van der Waals surface area (Å²) >= 11 is 0. The van der Waals surface area contributed by atoms with Gasteiger partial charge in [-0.2, -0.15) is 0 Å². The van der Waals surface area contributed by atoms with Crippen molar-refractivity contribution in [3.63, 3.8) is 0 Å². The first-order valence-corrected chi connectivity index (χ1v) is 5.97. The van der Waals surface area contributed by atoms with E-state index in [1.54, 1.807) is 25.1 Å². The minimum Gasteiger partial charge on any atom is -0.494 e. The highest BCUT2D eigenvalue weighted by Crippen LogP contribution is 2.30. The monoisotopic (exact) mass is 253 g/mol. The normalized spacial score (nSPS) is 11.7. The molecule has 0 amide bonds. The second-order valence-electron chi connectivity index (χ2n) is 3.73. The molecule has 0 aliphatic carbocycles. The van der Waals surface area contributed by atoms with Gasteiger partial charge in [-0.1, -0.05) is 0 Å². The number of aliphatic carboxylic acids is 1. The van der Waals surface area contributed by atoms with E-state index in [-0.39, 0.29) is 0 Å². The molecule has 18 heavy (non-hydrogen) atoms. The standard InChI is InChI=1S/C13H19NO4/c1-4-17-10-6-7-12(18-5-2)11(8-10)14-9(3)13(15)16/h6-9,14H,4-5H2,1-3H3,(H,15,16). The largest absolute Gasteiger partial charge is 0.494 e. The maximum absolute atomic E-state index is 10.8. The second-order valence-corrected chi connectivity index (χ2v) is 3.73. The number of anilines is 1. The van der Waals surface area contributed by atoms with Gasteiger partial charge in [0.25, 0.3) is 0 Å². The van der Waals surface area contributed by atoms with Crippen LogP contribution in [0.25, 0.3) is 0 Å². The van der Waals surface area contributed by atoms with E-state index in [0.717, 1.165) is 0 Å². The number of hydrogen-bond donors (Lipinski definition) is 2. The molecule has 0 saturated carbocycles. The fourth-order valence-corrected chi connectivity index (χ4v) is 1.45. The first-order valence-electron chi connectivity index (χ1n) is 5.97. The molecule has 0 aromatic heterocycles. The molecular formula is C13H19NO4. The molecule has 0 bridgehead atoms. The molecule has 0 fully saturated rings. The SMILES string of the molecule is CCOc1ccc(OCC)c(NC(C)C(=O)O)c1. The van der Waals surface area contributed by atoms with Crippen molar-refractivity contribution in [2.24, 2.45) is 0 Å². The smallest absolute Gasteiger partial charge is 0.325 e. The number of benzene rings is 1. The van der Waals surface area contributed by atoms with Crippen LogP contribution in [0.15, 0.2) is 18.2 Å². The van der Waals surface area contributed by atoms with Gasteiger partial charge in [-0.15, -0.1) is 0 Å². The summed E-state index contributed by atoms with van der Waals surface area (Å²) in [6.07, 6.45) is 0. The van der Waals surface area contributed by atoms with E-state index in [1.807, 2.05) is 13.8 Å². The third kappa shape index (κ3) is 3.84. The first kappa shape index (κ1) is 14.2. The lowest BCUT2D eigenvalue weighted by Crippen LogP contribution is -2.25. The fourth-order valence-electron chi connectivity index (χ4n) is 1.45. The molecule has 2 N–H and O–H groups in total. The summed E-state index contributed by atoms with van der Waals surface area (Å²) in [6, 6.07) is 4.62. The highest BCUT2D eigenvalue weighted by Gasteiger charge is 2.14. The Bertz CT molecular complexity index is 406. The van der Waals surface area contributed by atoms with Gasteiger partial charge in [0, 0.05) is 6.07 Å². The van der Waals surface area contributed by atoms with Gasteiger partial charge in [-0.05, 0) is 32.9 Å². The van der Waals surface area contributed by atoms with Crippen LogP contribution in [0.4, 0.5) is 5.69 Å². The summed E-state index contributed by atoms with van der Waals surface area (Å²) in [6.45, 7) is 6.42. The third-order valence-electron chi connectivity index (χ3n) is 2.30. The van der Waals surface area contributed by atoms with Gasteiger partial charge < -0.3 is 19.9 Å². The lowest BCUT2D eigenvalue weighted by Gasteiger charge is -2.16. The zero-order chi connectivity index (χ0) is 13.5. The highest BCUT2D eigenvalue weighted by molar-refractivity contribution is 5.78. The van der Waals surface area contributed by atoms with Crippen molar-refractivity contribution in [1.82, 2.24) is 0 Å². The van der Waals surface area contributed by atoms with Crippen molar-refractivity contribution in [3.8, 4) is 11.5 Å². The van der Waals surface area contributed by atoms with Crippen LogP contribution in [0, 0.1) is 0 Å². The van der Waals surface area contributed by atoms with Gasteiger partial charge >= 0.3 is 5.97 Å². The number of carboxylic acids is 1. The van der Waals surface area contributed by atoms with Crippen LogP contribution in [-0.4, -0.2) is 30.3 Å². The second kappa shape index (κ2) is 6.74. The van der Waals surface area contributed by atoms with Gasteiger partial charge in [-0.25, -0.2) is 0 Å². The highest BCUT2D eigenvalue weighted by atomic mass is 16.5. The van der Waals surface area contributed by atoms with Crippen molar-refractivity contribution >= 4 is 11.7 Å². The average molecular weight is 253 g/mol. The summed E-state index contributed by atoms with van der Waals surface area (Å²) in [5.74, 6) is 0.384. The summed E-state index contributed by atoms with van der Waals surface area (Å²) in [5, 5.41) is 11.8. The van der Waals surface area contributed by atoms with Crippen molar-refractivity contribution in [2.75, 3.05) is 18.5 Å². The first-order chi connectivity index (χ1) is 8.58. The molecule has 1 atom stereocenters. The van der Waals surface area contributed by atoms with Crippen molar-refractivity contribution in [2.45, 2.75) is 26.8 Å². The Morgan fingerprint density at radius 1 is 1.33 bits per heavy atom. The molecule has 0 radical (unpaired) electrons. The lowest BCUT2D eigenvalue weighted by molar-refractivity contribution is -0.137. The molecular weight excluding hydrogens is 234 g/mol. The topological polar surface area (TPSA) is 67.8 Å².